The van der Waals surface area contributed by atoms with Crippen LogP contribution in [-0.2, 0) is 18.9 Å². The van der Waals surface area contributed by atoms with Gasteiger partial charge in [0.05, 0.1) is 31.5 Å². The molecular formula is C14H26O9. The van der Waals surface area contributed by atoms with Crippen molar-refractivity contribution in [1.29, 1.82) is 0 Å². The van der Waals surface area contributed by atoms with E-state index in [0.717, 1.165) is 0 Å². The van der Waals surface area contributed by atoms with Gasteiger partial charge in [-0.3, -0.25) is 0 Å². The summed E-state index contributed by atoms with van der Waals surface area (Å²) in [4.78, 5) is 0. The molecule has 0 aliphatic carbocycles. The number of aliphatic hydroxyl groups excluding tert-OH is 5. The lowest BCUT2D eigenvalue weighted by Gasteiger charge is -2.44. The predicted molar refractivity (Wildman–Crippen MR) is 75.5 cm³/mol. The Hall–Kier alpha value is -0.360. The summed E-state index contributed by atoms with van der Waals surface area (Å²) in [5.74, 6) is 0. The van der Waals surface area contributed by atoms with Gasteiger partial charge >= 0.3 is 0 Å². The summed E-state index contributed by atoms with van der Waals surface area (Å²) in [7, 11) is 1.34. The fraction of sp³-hybridized carbons (Fsp3) is 1.00. The summed E-state index contributed by atoms with van der Waals surface area (Å²) in [6.07, 6.45) is -8.17. The maximum atomic E-state index is 10.1. The molecule has 2 aliphatic rings. The van der Waals surface area contributed by atoms with Crippen LogP contribution >= 0.6 is 0 Å². The quantitative estimate of drug-likeness (QED) is 0.364. The van der Waals surface area contributed by atoms with Gasteiger partial charge in [-0.2, -0.15) is 0 Å². The summed E-state index contributed by atoms with van der Waals surface area (Å²) in [5.41, 5.74) is 0. The van der Waals surface area contributed by atoms with Crippen molar-refractivity contribution in [1.82, 2.24) is 0 Å². The van der Waals surface area contributed by atoms with Gasteiger partial charge in [0.25, 0.3) is 0 Å². The van der Waals surface area contributed by atoms with Gasteiger partial charge in [-0.05, 0) is 6.92 Å². The molecule has 9 atom stereocenters. The van der Waals surface area contributed by atoms with Crippen molar-refractivity contribution in [3.8, 4) is 0 Å². The van der Waals surface area contributed by atoms with Gasteiger partial charge in [0.1, 0.15) is 30.5 Å². The predicted octanol–water partition coefficient (Wildman–Crippen LogP) is -2.64. The molecule has 9 unspecified atom stereocenters. The average molecular weight is 338 g/mol. The third-order valence-corrected chi connectivity index (χ3v) is 4.40. The largest absolute Gasteiger partial charge is 0.394 e. The first-order valence-electron chi connectivity index (χ1n) is 7.68. The van der Waals surface area contributed by atoms with Gasteiger partial charge in [0.15, 0.2) is 6.29 Å². The summed E-state index contributed by atoms with van der Waals surface area (Å²) in [5, 5.41) is 48.8. The Balaban J connectivity index is 2.05. The summed E-state index contributed by atoms with van der Waals surface area (Å²) in [6, 6.07) is 0. The van der Waals surface area contributed by atoms with E-state index in [1.165, 1.54) is 7.11 Å². The first-order valence-corrected chi connectivity index (χ1v) is 7.68. The summed E-state index contributed by atoms with van der Waals surface area (Å²) >= 11 is 0. The van der Waals surface area contributed by atoms with Crippen LogP contribution in [0.1, 0.15) is 13.3 Å². The lowest BCUT2D eigenvalue weighted by molar-refractivity contribution is -0.330. The van der Waals surface area contributed by atoms with Crippen LogP contribution in [0.25, 0.3) is 0 Å². The van der Waals surface area contributed by atoms with Crippen molar-refractivity contribution in [3.63, 3.8) is 0 Å². The van der Waals surface area contributed by atoms with E-state index >= 15 is 0 Å². The van der Waals surface area contributed by atoms with Crippen LogP contribution in [0.5, 0.6) is 0 Å². The van der Waals surface area contributed by atoms with Gasteiger partial charge in [-0.15, -0.1) is 0 Å². The van der Waals surface area contributed by atoms with E-state index in [0.29, 0.717) is 0 Å². The van der Waals surface area contributed by atoms with Gasteiger partial charge in [-0.25, -0.2) is 0 Å². The molecule has 2 fully saturated rings. The lowest BCUT2D eigenvalue weighted by Crippen LogP contribution is -2.61. The summed E-state index contributed by atoms with van der Waals surface area (Å²) < 4.78 is 21.6. The van der Waals surface area contributed by atoms with Crippen molar-refractivity contribution >= 4 is 0 Å². The van der Waals surface area contributed by atoms with Crippen LogP contribution in [0.4, 0.5) is 0 Å². The zero-order valence-corrected chi connectivity index (χ0v) is 13.2. The molecule has 0 aromatic rings. The minimum Gasteiger partial charge on any atom is -0.394 e. The molecule has 0 radical (unpaired) electrons. The number of rotatable bonds is 5. The number of hydrogen-bond acceptors (Lipinski definition) is 9. The molecule has 2 rings (SSSR count). The average Bonchev–Trinajstić information content (AvgIpc) is 2.54. The molecule has 0 aromatic carbocycles. The van der Waals surface area contributed by atoms with Crippen molar-refractivity contribution in [2.45, 2.75) is 68.5 Å². The van der Waals surface area contributed by atoms with Crippen LogP contribution < -0.4 is 0 Å². The SMILES string of the molecule is COC1C(CO)OC(OC2CC(O)C(C)OC2CO)C(O)C1O. The van der Waals surface area contributed by atoms with Crippen molar-refractivity contribution in [3.05, 3.63) is 0 Å². The van der Waals surface area contributed by atoms with Crippen LogP contribution in [0.2, 0.25) is 0 Å². The second-order valence-corrected chi connectivity index (χ2v) is 5.95. The standard InChI is InChI=1S/C14H26O9/c1-6-7(17)3-8(9(4-15)21-6)22-14-12(19)11(18)13(20-2)10(5-16)23-14/h6-19H,3-5H2,1-2H3. The highest BCUT2D eigenvalue weighted by molar-refractivity contribution is 4.92. The zero-order chi connectivity index (χ0) is 17.1. The molecule has 136 valence electrons. The molecule has 5 N–H and O–H groups in total. The number of hydrogen-bond donors (Lipinski definition) is 5. The minimum absolute atomic E-state index is 0.187. The Kier molecular flexibility index (Phi) is 6.72. The smallest absolute Gasteiger partial charge is 0.187 e. The number of methoxy groups -OCH3 is 1. The van der Waals surface area contributed by atoms with Gasteiger partial charge in [0, 0.05) is 13.5 Å². The van der Waals surface area contributed by atoms with Crippen molar-refractivity contribution in [2.75, 3.05) is 20.3 Å². The fourth-order valence-corrected chi connectivity index (χ4v) is 2.97. The lowest BCUT2D eigenvalue weighted by atomic mass is 9.97. The maximum Gasteiger partial charge on any atom is 0.187 e. The fourth-order valence-electron chi connectivity index (χ4n) is 2.97. The first kappa shape index (κ1) is 19.0. The first-order chi connectivity index (χ1) is 10.9. The highest BCUT2D eigenvalue weighted by Crippen LogP contribution is 2.29. The Morgan fingerprint density at radius 3 is 2.22 bits per heavy atom. The second-order valence-electron chi connectivity index (χ2n) is 5.95. The summed E-state index contributed by atoms with van der Waals surface area (Å²) in [6.45, 7) is 0.938. The van der Waals surface area contributed by atoms with E-state index in [2.05, 4.69) is 0 Å². The Morgan fingerprint density at radius 1 is 1.00 bits per heavy atom. The van der Waals surface area contributed by atoms with Crippen molar-refractivity contribution < 1.29 is 44.5 Å². The van der Waals surface area contributed by atoms with E-state index in [9.17, 15) is 25.5 Å². The number of aliphatic hydroxyl groups is 5. The highest BCUT2D eigenvalue weighted by atomic mass is 16.7. The Morgan fingerprint density at radius 2 is 1.65 bits per heavy atom. The van der Waals surface area contributed by atoms with E-state index in [1.807, 2.05) is 0 Å². The maximum absolute atomic E-state index is 10.1. The van der Waals surface area contributed by atoms with E-state index < -0.39 is 61.7 Å². The van der Waals surface area contributed by atoms with Gasteiger partial charge < -0.3 is 44.5 Å². The van der Waals surface area contributed by atoms with Gasteiger partial charge in [0.2, 0.25) is 0 Å². The third kappa shape index (κ3) is 4.01. The molecule has 2 saturated heterocycles. The van der Waals surface area contributed by atoms with Crippen LogP contribution in [0.3, 0.4) is 0 Å². The third-order valence-electron chi connectivity index (χ3n) is 4.40. The van der Waals surface area contributed by atoms with Crippen LogP contribution in [0, 0.1) is 0 Å². The van der Waals surface area contributed by atoms with E-state index in [1.54, 1.807) is 6.92 Å². The molecule has 0 amide bonds. The van der Waals surface area contributed by atoms with Crippen LogP contribution in [0.15, 0.2) is 0 Å². The molecule has 0 aromatic heterocycles. The minimum atomic E-state index is -1.40. The molecule has 0 spiro atoms. The molecule has 9 heteroatoms. The van der Waals surface area contributed by atoms with Crippen LogP contribution in [-0.4, -0.2) is 101 Å². The second kappa shape index (κ2) is 8.15. The molecule has 2 aliphatic heterocycles. The molecule has 2 heterocycles. The van der Waals surface area contributed by atoms with E-state index in [4.69, 9.17) is 18.9 Å². The topological polar surface area (TPSA) is 138 Å². The van der Waals surface area contributed by atoms with E-state index in [-0.39, 0.29) is 13.0 Å². The molecule has 0 saturated carbocycles. The Bertz CT molecular complexity index is 366. The zero-order valence-electron chi connectivity index (χ0n) is 13.2. The monoisotopic (exact) mass is 338 g/mol. The molecule has 0 bridgehead atoms. The molecule has 9 nitrogen and oxygen atoms in total. The van der Waals surface area contributed by atoms with Crippen molar-refractivity contribution in [2.24, 2.45) is 0 Å². The molecule has 23 heavy (non-hydrogen) atoms. The van der Waals surface area contributed by atoms with Gasteiger partial charge in [-0.1, -0.05) is 0 Å². The Labute approximate surface area is 134 Å². The number of ether oxygens (including phenoxy) is 4. The highest BCUT2D eigenvalue weighted by Gasteiger charge is 2.47. The molecular weight excluding hydrogens is 312 g/mol. The normalized spacial score (nSPS) is 48.4.